The van der Waals surface area contributed by atoms with Gasteiger partial charge in [0, 0.05) is 0 Å². The Hall–Kier alpha value is -3.11. The molecule has 10 heteroatoms. The Morgan fingerprint density at radius 3 is 2.25 bits per heavy atom. The average molecular weight is 462 g/mol. The molecule has 1 aliphatic heterocycles. The van der Waals surface area contributed by atoms with E-state index in [0.29, 0.717) is 16.9 Å². The summed E-state index contributed by atoms with van der Waals surface area (Å²) in [5, 5.41) is 5.11. The molecule has 0 saturated carbocycles. The van der Waals surface area contributed by atoms with Crippen LogP contribution in [0.5, 0.6) is 0 Å². The smallest absolute Gasteiger partial charge is 0.414 e. The van der Waals surface area contributed by atoms with Crippen molar-refractivity contribution in [3.8, 4) is 11.1 Å². The van der Waals surface area contributed by atoms with Gasteiger partial charge in [0.15, 0.2) is 0 Å². The van der Waals surface area contributed by atoms with Crippen molar-refractivity contribution in [2.45, 2.75) is 38.7 Å². The van der Waals surface area contributed by atoms with Crippen LogP contribution in [0.25, 0.3) is 11.1 Å². The van der Waals surface area contributed by atoms with Crippen molar-refractivity contribution in [2.24, 2.45) is 5.14 Å². The van der Waals surface area contributed by atoms with E-state index in [1.54, 1.807) is 50.2 Å². The van der Waals surface area contributed by atoms with E-state index < -0.39 is 22.2 Å². The first-order valence-electron chi connectivity index (χ1n) is 10.1. The SMILES string of the molecule is COC(=O)N1c2ccc(-c3ccc(CS(N)(=O)=O)cc3)cc2N(C(=O)OC(C)C)CC1C. The molecule has 172 valence electrons. The van der Waals surface area contributed by atoms with Crippen LogP contribution in [0.3, 0.4) is 0 Å². The first kappa shape index (κ1) is 23.6. The lowest BCUT2D eigenvalue weighted by atomic mass is 10.0. The third-order valence-corrected chi connectivity index (χ3v) is 5.73. The highest BCUT2D eigenvalue weighted by atomic mass is 32.2. The lowest BCUT2D eigenvalue weighted by Crippen LogP contribution is -2.52. The number of rotatable bonds is 4. The molecule has 0 aromatic heterocycles. The molecule has 32 heavy (non-hydrogen) atoms. The molecule has 2 aromatic carbocycles. The Balaban J connectivity index is 2.04. The number of hydrogen-bond donors (Lipinski definition) is 1. The van der Waals surface area contributed by atoms with Gasteiger partial charge in [0.2, 0.25) is 10.0 Å². The Labute approximate surface area is 187 Å². The molecule has 0 aliphatic carbocycles. The minimum absolute atomic E-state index is 0.240. The van der Waals surface area contributed by atoms with Crippen LogP contribution in [-0.2, 0) is 25.2 Å². The monoisotopic (exact) mass is 461 g/mol. The molecule has 2 aromatic rings. The average Bonchev–Trinajstić information content (AvgIpc) is 2.71. The summed E-state index contributed by atoms with van der Waals surface area (Å²) in [5.74, 6) is -0.252. The maximum absolute atomic E-state index is 12.8. The van der Waals surface area contributed by atoms with E-state index in [2.05, 4.69) is 0 Å². The van der Waals surface area contributed by atoms with Gasteiger partial charge in [-0.05, 0) is 49.6 Å². The topological polar surface area (TPSA) is 119 Å². The quantitative estimate of drug-likeness (QED) is 0.745. The predicted molar refractivity (Wildman–Crippen MR) is 122 cm³/mol. The van der Waals surface area contributed by atoms with Crippen LogP contribution >= 0.6 is 0 Å². The second-order valence-electron chi connectivity index (χ2n) is 7.94. The summed E-state index contributed by atoms with van der Waals surface area (Å²) in [5.41, 5.74) is 3.22. The number of ether oxygens (including phenoxy) is 2. The van der Waals surface area contributed by atoms with Crippen LogP contribution in [0, 0.1) is 0 Å². The van der Waals surface area contributed by atoms with E-state index in [9.17, 15) is 18.0 Å². The molecule has 1 heterocycles. The zero-order valence-corrected chi connectivity index (χ0v) is 19.3. The summed E-state index contributed by atoms with van der Waals surface area (Å²) >= 11 is 0. The van der Waals surface area contributed by atoms with E-state index in [4.69, 9.17) is 14.6 Å². The summed E-state index contributed by atoms with van der Waals surface area (Å²) in [7, 11) is -2.31. The van der Waals surface area contributed by atoms with Crippen molar-refractivity contribution >= 4 is 33.6 Å². The van der Waals surface area contributed by atoms with Gasteiger partial charge in [0.25, 0.3) is 0 Å². The molecule has 0 saturated heterocycles. The summed E-state index contributed by atoms with van der Waals surface area (Å²) < 4.78 is 33.0. The first-order valence-corrected chi connectivity index (χ1v) is 11.8. The minimum Gasteiger partial charge on any atom is -0.452 e. The standard InChI is InChI=1S/C22H27N3O6S/c1-14(2)31-21(26)24-12-15(3)25(22(27)30-4)19-10-9-18(11-20(19)24)17-7-5-16(6-8-17)13-32(23,28)29/h5-11,14-15H,12-13H2,1-4H3,(H2,23,28,29). The number of benzene rings is 2. The number of carbonyl (C=O) groups is 2. The number of nitrogens with zero attached hydrogens (tertiary/aromatic N) is 2. The molecule has 1 unspecified atom stereocenters. The Morgan fingerprint density at radius 2 is 1.69 bits per heavy atom. The van der Waals surface area contributed by atoms with E-state index in [-0.39, 0.29) is 24.4 Å². The normalized spacial score (nSPS) is 16.0. The summed E-state index contributed by atoms with van der Waals surface area (Å²) in [4.78, 5) is 28.2. The lowest BCUT2D eigenvalue weighted by molar-refractivity contribution is 0.121. The van der Waals surface area contributed by atoms with Gasteiger partial charge in [0.1, 0.15) is 0 Å². The summed E-state index contributed by atoms with van der Waals surface area (Å²) in [6, 6.07) is 12.0. The predicted octanol–water partition coefficient (Wildman–Crippen LogP) is 3.47. The highest BCUT2D eigenvalue weighted by Gasteiger charge is 2.36. The molecule has 9 nitrogen and oxygen atoms in total. The Kier molecular flexibility index (Phi) is 6.75. The van der Waals surface area contributed by atoms with Crippen molar-refractivity contribution in [1.29, 1.82) is 0 Å². The van der Waals surface area contributed by atoms with Gasteiger partial charge in [-0.3, -0.25) is 9.80 Å². The summed E-state index contributed by atoms with van der Waals surface area (Å²) in [6.07, 6.45) is -1.32. The number of primary sulfonamides is 1. The van der Waals surface area contributed by atoms with Gasteiger partial charge in [0.05, 0.1) is 42.9 Å². The number of anilines is 2. The van der Waals surface area contributed by atoms with E-state index in [1.807, 2.05) is 13.0 Å². The van der Waals surface area contributed by atoms with Gasteiger partial charge in [-0.25, -0.2) is 23.1 Å². The number of sulfonamides is 1. The molecule has 2 amide bonds. The number of methoxy groups -OCH3 is 1. The zero-order valence-electron chi connectivity index (χ0n) is 18.4. The van der Waals surface area contributed by atoms with Crippen molar-refractivity contribution < 1.29 is 27.5 Å². The fourth-order valence-electron chi connectivity index (χ4n) is 3.65. The van der Waals surface area contributed by atoms with Crippen molar-refractivity contribution in [1.82, 2.24) is 0 Å². The van der Waals surface area contributed by atoms with E-state index in [0.717, 1.165) is 11.1 Å². The second-order valence-corrected chi connectivity index (χ2v) is 9.55. The molecule has 1 aliphatic rings. The molecule has 0 fully saturated rings. The molecule has 1 atom stereocenters. The number of nitrogens with two attached hydrogens (primary N) is 1. The van der Waals surface area contributed by atoms with Crippen LogP contribution in [0.1, 0.15) is 26.3 Å². The largest absolute Gasteiger partial charge is 0.452 e. The molecule has 0 bridgehead atoms. The maximum Gasteiger partial charge on any atom is 0.414 e. The number of fused-ring (bicyclic) bond motifs is 1. The van der Waals surface area contributed by atoms with Gasteiger partial charge in [-0.2, -0.15) is 0 Å². The third-order valence-electron chi connectivity index (χ3n) is 5.00. The van der Waals surface area contributed by atoms with Gasteiger partial charge in [-0.15, -0.1) is 0 Å². The maximum atomic E-state index is 12.8. The molecule has 0 radical (unpaired) electrons. The minimum atomic E-state index is -3.62. The van der Waals surface area contributed by atoms with Crippen LogP contribution in [0.2, 0.25) is 0 Å². The molecular weight excluding hydrogens is 434 g/mol. The van der Waals surface area contributed by atoms with Gasteiger partial charge >= 0.3 is 12.2 Å². The van der Waals surface area contributed by atoms with Crippen molar-refractivity contribution in [2.75, 3.05) is 23.5 Å². The van der Waals surface area contributed by atoms with Crippen molar-refractivity contribution in [3.05, 3.63) is 48.0 Å². The number of amides is 2. The van der Waals surface area contributed by atoms with E-state index in [1.165, 1.54) is 16.9 Å². The second kappa shape index (κ2) is 9.17. The van der Waals surface area contributed by atoms with Crippen LogP contribution in [0.15, 0.2) is 42.5 Å². The fourth-order valence-corrected chi connectivity index (χ4v) is 4.30. The van der Waals surface area contributed by atoms with E-state index >= 15 is 0 Å². The molecule has 3 rings (SSSR count). The molecule has 2 N–H and O–H groups in total. The highest BCUT2D eigenvalue weighted by molar-refractivity contribution is 7.88. The third kappa shape index (κ3) is 5.20. The Bertz CT molecular complexity index is 1110. The fraction of sp³-hybridized carbons (Fsp3) is 0.364. The molecular formula is C22H27N3O6S. The van der Waals surface area contributed by atoms with Crippen molar-refractivity contribution in [3.63, 3.8) is 0 Å². The number of carbonyl (C=O) groups excluding carboxylic acids is 2. The van der Waals surface area contributed by atoms with Crippen LogP contribution in [-0.4, -0.2) is 46.4 Å². The van der Waals surface area contributed by atoms with Crippen LogP contribution < -0.4 is 14.9 Å². The Morgan fingerprint density at radius 1 is 1.06 bits per heavy atom. The first-order chi connectivity index (χ1) is 15.0. The zero-order chi connectivity index (χ0) is 23.6. The number of hydrogen-bond acceptors (Lipinski definition) is 6. The van der Waals surface area contributed by atoms with Crippen LogP contribution in [0.4, 0.5) is 21.0 Å². The van der Waals surface area contributed by atoms with Gasteiger partial charge in [-0.1, -0.05) is 30.3 Å². The van der Waals surface area contributed by atoms with Gasteiger partial charge < -0.3 is 9.47 Å². The lowest BCUT2D eigenvalue weighted by Gasteiger charge is -2.40. The molecule has 0 spiro atoms. The highest BCUT2D eigenvalue weighted by Crippen LogP contribution is 2.39. The summed E-state index contributed by atoms with van der Waals surface area (Å²) in [6.45, 7) is 5.61.